The summed E-state index contributed by atoms with van der Waals surface area (Å²) in [5, 5.41) is 21.3. The van der Waals surface area contributed by atoms with Crippen LogP contribution in [0.4, 0.5) is 0 Å². The van der Waals surface area contributed by atoms with Crippen molar-refractivity contribution in [2.45, 2.75) is 139 Å². The summed E-state index contributed by atoms with van der Waals surface area (Å²) in [5.41, 5.74) is 8.13. The molecular weight excluding hydrogens is 741 g/mol. The van der Waals surface area contributed by atoms with Crippen LogP contribution in [0.5, 0.6) is 0 Å². The third kappa shape index (κ3) is 16.4. The summed E-state index contributed by atoms with van der Waals surface area (Å²) in [6.45, 7) is 16.7. The largest absolute Gasteiger partial charge is 0.494 e. The predicted molar refractivity (Wildman–Crippen MR) is 242 cm³/mol. The van der Waals surface area contributed by atoms with Crippen molar-refractivity contribution in [3.05, 3.63) is 117 Å². The minimum Gasteiger partial charge on any atom is -0.494 e. The highest BCUT2D eigenvalue weighted by atomic mass is 16.5. The van der Waals surface area contributed by atoms with Gasteiger partial charge in [0, 0.05) is 23.7 Å². The number of hydrogen-bond donors (Lipinski definition) is 2. The number of aliphatic hydroxyl groups is 2. The first kappa shape index (κ1) is 52.9. The van der Waals surface area contributed by atoms with E-state index in [0.717, 1.165) is 51.4 Å². The zero-order valence-corrected chi connectivity index (χ0v) is 37.7. The maximum atomic E-state index is 12.5. The van der Waals surface area contributed by atoms with Crippen LogP contribution in [0.1, 0.15) is 126 Å². The van der Waals surface area contributed by atoms with E-state index in [1.807, 2.05) is 19.9 Å². The molecule has 0 fully saturated rings. The summed E-state index contributed by atoms with van der Waals surface area (Å²) in [5.74, 6) is -0.442. The molecule has 8 nitrogen and oxygen atoms in total. The lowest BCUT2D eigenvalue weighted by molar-refractivity contribution is -0.128. The quantitative estimate of drug-likeness (QED) is 0.125. The molecular formula is C51H78O8. The van der Waals surface area contributed by atoms with E-state index < -0.39 is 12.2 Å². The lowest BCUT2D eigenvalue weighted by Gasteiger charge is -2.33. The molecule has 0 saturated heterocycles. The number of ether oxygens (including phenoxy) is 4. The molecule has 0 aliphatic heterocycles. The molecule has 1 aromatic rings. The van der Waals surface area contributed by atoms with Crippen LogP contribution in [0.25, 0.3) is 0 Å². The molecule has 0 amide bonds. The minimum atomic E-state index is -0.834. The first-order valence-corrected chi connectivity index (χ1v) is 21.1. The number of benzene rings is 1. The third-order valence-electron chi connectivity index (χ3n) is 11.7. The fourth-order valence-electron chi connectivity index (χ4n) is 7.50. The lowest BCUT2D eigenvalue weighted by atomic mass is 9.77. The van der Waals surface area contributed by atoms with E-state index in [1.54, 1.807) is 0 Å². The van der Waals surface area contributed by atoms with Gasteiger partial charge < -0.3 is 29.2 Å². The molecule has 0 spiro atoms. The molecule has 2 aliphatic rings. The lowest BCUT2D eigenvalue weighted by Crippen LogP contribution is -2.40. The number of rotatable bonds is 20. The van der Waals surface area contributed by atoms with E-state index in [4.69, 9.17) is 18.9 Å². The maximum Gasteiger partial charge on any atom is 0.204 e. The Bertz CT molecular complexity index is 1690. The van der Waals surface area contributed by atoms with Crippen LogP contribution in [-0.2, 0) is 35.0 Å². The molecule has 0 bridgehead atoms. The number of carbonyl (C=O) groups is 2. The van der Waals surface area contributed by atoms with Gasteiger partial charge >= 0.3 is 0 Å². The van der Waals surface area contributed by atoms with Gasteiger partial charge in [0.2, 0.25) is 23.1 Å². The van der Waals surface area contributed by atoms with Crippen molar-refractivity contribution in [3.8, 4) is 0 Å². The molecule has 1 aromatic carbocycles. The van der Waals surface area contributed by atoms with E-state index in [1.165, 1.54) is 61.9 Å². The van der Waals surface area contributed by atoms with Gasteiger partial charge in [-0.2, -0.15) is 0 Å². The van der Waals surface area contributed by atoms with Gasteiger partial charge in [0.1, 0.15) is 12.2 Å². The Morgan fingerprint density at radius 2 is 0.949 bits per heavy atom. The highest BCUT2D eigenvalue weighted by Crippen LogP contribution is 2.37. The van der Waals surface area contributed by atoms with Crippen molar-refractivity contribution < 1.29 is 38.7 Å². The van der Waals surface area contributed by atoms with Crippen LogP contribution in [0.3, 0.4) is 0 Å². The maximum absolute atomic E-state index is 12.5. The van der Waals surface area contributed by atoms with Crippen LogP contribution in [0.2, 0.25) is 0 Å². The average molecular weight is 819 g/mol. The molecule has 6 atom stereocenters. The number of hydrogen-bond acceptors (Lipinski definition) is 8. The standard InChI is InChI=1S/C25H34O4.C25H40O4.CH4/c1-17(10-9-11-18(2)16-20-12-7-6-8-13-20)14-15-21-19(3)22(26)24(28-4)25(29-5)23(21)27;1-8-17(2)11-9-12-18(3)13-10-14-19(4)15-16-21-20(5)22(26)24(28-6)25(29-7)23(21)27;/h6-8,11-14,19,21,23,27H,9-10,15-16H2,1-5H3;11,13,15,20-21,23,27H,8-10,12,14,16H2,1-7H3;1H4/b17-14+,18-11+;17-11+,18-13+,19-15+;. The third-order valence-corrected chi connectivity index (χ3v) is 11.7. The minimum absolute atomic E-state index is 0. The summed E-state index contributed by atoms with van der Waals surface area (Å²) in [6, 6.07) is 10.5. The monoisotopic (exact) mass is 819 g/mol. The summed E-state index contributed by atoms with van der Waals surface area (Å²) < 4.78 is 20.8. The van der Waals surface area contributed by atoms with Gasteiger partial charge in [-0.3, -0.25) is 9.59 Å². The van der Waals surface area contributed by atoms with Crippen molar-refractivity contribution in [2.24, 2.45) is 23.7 Å². The first-order chi connectivity index (χ1) is 27.6. The van der Waals surface area contributed by atoms with Gasteiger partial charge in [-0.05, 0) is 104 Å². The Hall–Kier alpha value is -4.14. The van der Waals surface area contributed by atoms with Gasteiger partial charge in [-0.1, -0.05) is 117 Å². The molecule has 0 radical (unpaired) electrons. The number of ketones is 2. The zero-order valence-electron chi connectivity index (χ0n) is 37.7. The van der Waals surface area contributed by atoms with Crippen LogP contribution in [-0.4, -0.2) is 62.4 Å². The second-order valence-electron chi connectivity index (χ2n) is 16.1. The van der Waals surface area contributed by atoms with Crippen LogP contribution >= 0.6 is 0 Å². The molecule has 2 aliphatic carbocycles. The summed E-state index contributed by atoms with van der Waals surface area (Å²) in [4.78, 5) is 25.0. The van der Waals surface area contributed by atoms with E-state index in [9.17, 15) is 19.8 Å². The Morgan fingerprint density at radius 1 is 0.576 bits per heavy atom. The highest BCUT2D eigenvalue weighted by Gasteiger charge is 2.43. The number of aliphatic hydroxyl groups excluding tert-OH is 2. The van der Waals surface area contributed by atoms with Gasteiger partial charge in [0.05, 0.1) is 28.4 Å². The number of Topliss-reactive ketones (excluding diaryl/α,β-unsaturated/α-hetero) is 2. The number of allylic oxidation sites excluding steroid dienone is 12. The van der Waals surface area contributed by atoms with E-state index in [-0.39, 0.29) is 65.7 Å². The Kier molecular flexibility index (Phi) is 24.7. The fourth-order valence-corrected chi connectivity index (χ4v) is 7.50. The second-order valence-corrected chi connectivity index (χ2v) is 16.1. The first-order valence-electron chi connectivity index (χ1n) is 21.1. The Morgan fingerprint density at radius 3 is 1.32 bits per heavy atom. The van der Waals surface area contributed by atoms with Crippen molar-refractivity contribution in [2.75, 3.05) is 28.4 Å². The van der Waals surface area contributed by atoms with Crippen LogP contribution < -0.4 is 0 Å². The zero-order chi connectivity index (χ0) is 43.4. The van der Waals surface area contributed by atoms with E-state index >= 15 is 0 Å². The normalized spacial score (nSPS) is 23.4. The Labute approximate surface area is 357 Å². The SMILES string of the molecule is C.CC/C(C)=C/CC/C(C)=C/CC/C(C)=C/CC1C(C)C(=O)C(OC)=C(OC)C1O.COC1=C(OC)C(O)C(C/C=C(\C)CC/C=C(\C)Cc2ccccc2)C(C)C1=O. The van der Waals surface area contributed by atoms with E-state index in [2.05, 4.69) is 96.2 Å². The van der Waals surface area contributed by atoms with E-state index in [0.29, 0.717) is 12.8 Å². The summed E-state index contributed by atoms with van der Waals surface area (Å²) in [6.07, 6.45) is 19.2. The second kappa shape index (κ2) is 27.6. The summed E-state index contributed by atoms with van der Waals surface area (Å²) >= 11 is 0. The molecule has 8 heteroatoms. The van der Waals surface area contributed by atoms with Crippen LogP contribution in [0.15, 0.2) is 112 Å². The molecule has 6 unspecified atom stereocenters. The summed E-state index contributed by atoms with van der Waals surface area (Å²) in [7, 11) is 5.80. The number of methoxy groups -OCH3 is 4. The molecule has 0 saturated carbocycles. The number of carbonyl (C=O) groups excluding carboxylic acids is 2. The highest BCUT2D eigenvalue weighted by molar-refractivity contribution is 5.97. The molecule has 2 N–H and O–H groups in total. The molecule has 0 heterocycles. The predicted octanol–water partition coefficient (Wildman–Crippen LogP) is 11.5. The molecule has 0 aromatic heterocycles. The topological polar surface area (TPSA) is 112 Å². The van der Waals surface area contributed by atoms with Crippen molar-refractivity contribution >= 4 is 11.6 Å². The van der Waals surface area contributed by atoms with Crippen molar-refractivity contribution in [3.63, 3.8) is 0 Å². The Balaban J connectivity index is 0.000000580. The average Bonchev–Trinajstić information content (AvgIpc) is 3.20. The van der Waals surface area contributed by atoms with Crippen molar-refractivity contribution in [1.82, 2.24) is 0 Å². The molecule has 330 valence electrons. The van der Waals surface area contributed by atoms with Gasteiger partial charge in [-0.15, -0.1) is 0 Å². The van der Waals surface area contributed by atoms with Crippen LogP contribution in [0, 0.1) is 23.7 Å². The van der Waals surface area contributed by atoms with Gasteiger partial charge in [0.25, 0.3) is 0 Å². The molecule has 3 rings (SSSR count). The fraction of sp³-hybridized carbons (Fsp3) is 0.569. The smallest absolute Gasteiger partial charge is 0.204 e. The van der Waals surface area contributed by atoms with Gasteiger partial charge in [-0.25, -0.2) is 0 Å². The molecule has 59 heavy (non-hydrogen) atoms. The van der Waals surface area contributed by atoms with Crippen molar-refractivity contribution in [1.29, 1.82) is 0 Å². The van der Waals surface area contributed by atoms with Gasteiger partial charge in [0.15, 0.2) is 11.5 Å².